The lowest BCUT2D eigenvalue weighted by molar-refractivity contribution is 0.324. The third-order valence-electron chi connectivity index (χ3n) is 4.98. The van der Waals surface area contributed by atoms with Crippen molar-refractivity contribution in [1.29, 1.82) is 0 Å². The van der Waals surface area contributed by atoms with E-state index in [0.717, 1.165) is 29.4 Å². The predicted molar refractivity (Wildman–Crippen MR) is 116 cm³/mol. The number of hydrogen-bond donors (Lipinski definition) is 1. The maximum Gasteiger partial charge on any atom is 0.332 e. The summed E-state index contributed by atoms with van der Waals surface area (Å²) in [4.78, 5) is 30.9. The standard InChI is InChI=1S/C19H26N6O4S/c1-22(10-9-14-5-7-15(8-6-14)21-30(4,28)29)11-12-25-13-20-17-16(25)18(26)24(3)19(27)23(17)2/h5-8,13,21H,9-12H2,1-4H3. The number of nitrogens with zero attached hydrogens (tertiary/aromatic N) is 5. The number of hydrogen-bond acceptors (Lipinski definition) is 6. The molecule has 0 fully saturated rings. The Balaban J connectivity index is 1.61. The normalized spacial score (nSPS) is 12.0. The molecule has 11 heteroatoms. The van der Waals surface area contributed by atoms with Gasteiger partial charge in [0.2, 0.25) is 10.0 Å². The van der Waals surface area contributed by atoms with Gasteiger partial charge in [-0.15, -0.1) is 0 Å². The number of anilines is 1. The van der Waals surface area contributed by atoms with Crippen LogP contribution in [-0.2, 0) is 37.1 Å². The average Bonchev–Trinajstić information content (AvgIpc) is 3.11. The minimum absolute atomic E-state index is 0.351. The lowest BCUT2D eigenvalue weighted by Gasteiger charge is -2.17. The number of imidazole rings is 1. The van der Waals surface area contributed by atoms with E-state index in [4.69, 9.17) is 0 Å². The highest BCUT2D eigenvalue weighted by Crippen LogP contribution is 2.12. The molecule has 0 unspecified atom stereocenters. The maximum absolute atomic E-state index is 12.5. The number of likely N-dealkylation sites (N-methyl/N-ethyl adjacent to an activating group) is 1. The zero-order valence-electron chi connectivity index (χ0n) is 17.5. The first-order chi connectivity index (χ1) is 14.1. The largest absolute Gasteiger partial charge is 0.332 e. The highest BCUT2D eigenvalue weighted by Gasteiger charge is 2.14. The minimum Gasteiger partial charge on any atom is -0.323 e. The Morgan fingerprint density at radius 3 is 2.37 bits per heavy atom. The van der Waals surface area contributed by atoms with E-state index in [1.165, 1.54) is 11.6 Å². The molecule has 0 aliphatic rings. The fourth-order valence-electron chi connectivity index (χ4n) is 3.23. The molecule has 3 aromatic rings. The quantitative estimate of drug-likeness (QED) is 0.533. The number of rotatable bonds is 8. The van der Waals surface area contributed by atoms with Crippen molar-refractivity contribution < 1.29 is 8.42 Å². The van der Waals surface area contributed by atoms with Crippen LogP contribution in [0.5, 0.6) is 0 Å². The zero-order chi connectivity index (χ0) is 22.1. The summed E-state index contributed by atoms with van der Waals surface area (Å²) in [6.07, 6.45) is 3.51. The lowest BCUT2D eigenvalue weighted by Crippen LogP contribution is -2.37. The van der Waals surface area contributed by atoms with Crippen LogP contribution >= 0.6 is 0 Å². The molecule has 0 bridgehead atoms. The summed E-state index contributed by atoms with van der Waals surface area (Å²) in [5.74, 6) is 0. The monoisotopic (exact) mass is 434 g/mol. The van der Waals surface area contributed by atoms with Crippen LogP contribution in [0.15, 0.2) is 40.2 Å². The second-order valence-electron chi connectivity index (χ2n) is 7.44. The molecule has 0 aliphatic heterocycles. The number of nitrogens with one attached hydrogen (secondary N) is 1. The Kier molecular flexibility index (Phi) is 6.13. The summed E-state index contributed by atoms with van der Waals surface area (Å²) in [5.41, 5.74) is 1.69. The molecule has 1 aromatic carbocycles. The van der Waals surface area contributed by atoms with Gasteiger partial charge in [0, 0.05) is 39.4 Å². The molecule has 0 aliphatic carbocycles. The molecule has 162 valence electrons. The van der Waals surface area contributed by atoms with E-state index in [9.17, 15) is 18.0 Å². The summed E-state index contributed by atoms with van der Waals surface area (Å²) >= 11 is 0. The van der Waals surface area contributed by atoms with E-state index in [1.807, 2.05) is 19.2 Å². The molecule has 0 spiro atoms. The van der Waals surface area contributed by atoms with Crippen LogP contribution in [0.2, 0.25) is 0 Å². The van der Waals surface area contributed by atoms with Crippen molar-refractivity contribution in [1.82, 2.24) is 23.6 Å². The van der Waals surface area contributed by atoms with E-state index in [2.05, 4.69) is 14.6 Å². The first kappa shape index (κ1) is 21.8. The van der Waals surface area contributed by atoms with Crippen molar-refractivity contribution >= 4 is 26.9 Å². The molecule has 1 N–H and O–H groups in total. The molecule has 3 rings (SSSR count). The molecule has 2 aromatic heterocycles. The Bertz CT molecular complexity index is 1270. The van der Waals surface area contributed by atoms with Gasteiger partial charge in [-0.1, -0.05) is 12.1 Å². The molecule has 0 radical (unpaired) electrons. The second-order valence-corrected chi connectivity index (χ2v) is 9.19. The van der Waals surface area contributed by atoms with Crippen molar-refractivity contribution in [2.75, 3.05) is 31.1 Å². The van der Waals surface area contributed by atoms with Gasteiger partial charge in [-0.25, -0.2) is 18.2 Å². The Morgan fingerprint density at radius 1 is 1.07 bits per heavy atom. The maximum atomic E-state index is 12.5. The number of sulfonamides is 1. The summed E-state index contributed by atoms with van der Waals surface area (Å²) in [6, 6.07) is 7.28. The zero-order valence-corrected chi connectivity index (χ0v) is 18.3. The van der Waals surface area contributed by atoms with E-state index in [-0.39, 0.29) is 5.56 Å². The van der Waals surface area contributed by atoms with Crippen LogP contribution in [0, 0.1) is 0 Å². The predicted octanol–water partition coefficient (Wildman–Crippen LogP) is -0.0203. The molecular weight excluding hydrogens is 408 g/mol. The van der Waals surface area contributed by atoms with E-state index < -0.39 is 15.7 Å². The highest BCUT2D eigenvalue weighted by molar-refractivity contribution is 7.92. The van der Waals surface area contributed by atoms with Gasteiger partial charge in [-0.2, -0.15) is 0 Å². The van der Waals surface area contributed by atoms with Gasteiger partial charge in [0.15, 0.2) is 11.2 Å². The molecular formula is C19H26N6O4S. The van der Waals surface area contributed by atoms with Crippen LogP contribution < -0.4 is 16.0 Å². The fourth-order valence-corrected chi connectivity index (χ4v) is 3.79. The van der Waals surface area contributed by atoms with Crippen LogP contribution in [0.3, 0.4) is 0 Å². The van der Waals surface area contributed by atoms with Crippen molar-refractivity contribution in [3.05, 3.63) is 57.0 Å². The molecule has 30 heavy (non-hydrogen) atoms. The summed E-state index contributed by atoms with van der Waals surface area (Å²) in [6.45, 7) is 2.06. The van der Waals surface area contributed by atoms with E-state index in [0.29, 0.717) is 29.9 Å². The van der Waals surface area contributed by atoms with Crippen molar-refractivity contribution in [2.45, 2.75) is 13.0 Å². The van der Waals surface area contributed by atoms with Crippen LogP contribution in [0.25, 0.3) is 11.2 Å². The highest BCUT2D eigenvalue weighted by atomic mass is 32.2. The molecule has 0 saturated heterocycles. The molecule has 10 nitrogen and oxygen atoms in total. The van der Waals surface area contributed by atoms with Gasteiger partial charge in [0.1, 0.15) is 0 Å². The molecule has 0 saturated carbocycles. The molecule has 2 heterocycles. The smallest absolute Gasteiger partial charge is 0.323 e. The minimum atomic E-state index is -3.28. The average molecular weight is 435 g/mol. The Hall–Kier alpha value is -2.92. The first-order valence-electron chi connectivity index (χ1n) is 9.43. The number of aryl methyl sites for hydroxylation is 1. The Morgan fingerprint density at radius 2 is 1.73 bits per heavy atom. The second kappa shape index (κ2) is 8.44. The van der Waals surface area contributed by atoms with Gasteiger partial charge in [-0.05, 0) is 31.2 Å². The van der Waals surface area contributed by atoms with Gasteiger partial charge in [-0.3, -0.25) is 18.7 Å². The number of aromatic nitrogens is 4. The topological polar surface area (TPSA) is 111 Å². The van der Waals surface area contributed by atoms with Gasteiger partial charge in [0.25, 0.3) is 5.56 Å². The summed E-state index contributed by atoms with van der Waals surface area (Å²) < 4.78 is 29.2. The van der Waals surface area contributed by atoms with Crippen LogP contribution in [-0.4, -0.2) is 58.4 Å². The molecule has 0 amide bonds. The van der Waals surface area contributed by atoms with Crippen LogP contribution in [0.4, 0.5) is 5.69 Å². The van der Waals surface area contributed by atoms with Gasteiger partial charge in [0.05, 0.1) is 12.6 Å². The lowest BCUT2D eigenvalue weighted by atomic mass is 10.1. The number of benzene rings is 1. The van der Waals surface area contributed by atoms with Crippen molar-refractivity contribution in [3.63, 3.8) is 0 Å². The first-order valence-corrected chi connectivity index (χ1v) is 11.3. The van der Waals surface area contributed by atoms with Crippen molar-refractivity contribution in [2.24, 2.45) is 14.1 Å². The third kappa shape index (κ3) is 4.79. The van der Waals surface area contributed by atoms with Crippen molar-refractivity contribution in [3.8, 4) is 0 Å². The SMILES string of the molecule is CN(CCc1ccc(NS(C)(=O)=O)cc1)CCn1cnc2c1c(=O)n(C)c(=O)n2C. The Labute approximate surface area is 174 Å². The van der Waals surface area contributed by atoms with Gasteiger partial charge < -0.3 is 9.47 Å². The summed E-state index contributed by atoms with van der Waals surface area (Å²) in [7, 11) is 1.78. The third-order valence-corrected chi connectivity index (χ3v) is 5.59. The summed E-state index contributed by atoms with van der Waals surface area (Å²) in [5, 5.41) is 0. The molecule has 0 atom stereocenters. The van der Waals surface area contributed by atoms with E-state index >= 15 is 0 Å². The van der Waals surface area contributed by atoms with Gasteiger partial charge >= 0.3 is 5.69 Å². The fraction of sp³-hybridized carbons (Fsp3) is 0.421. The van der Waals surface area contributed by atoms with E-state index in [1.54, 1.807) is 30.1 Å². The number of fused-ring (bicyclic) bond motifs is 1. The van der Waals surface area contributed by atoms with Crippen LogP contribution in [0.1, 0.15) is 5.56 Å².